The van der Waals surface area contributed by atoms with Gasteiger partial charge >= 0.3 is 0 Å². The highest BCUT2D eigenvalue weighted by atomic mass is 35.5. The molecule has 35 heavy (non-hydrogen) atoms. The molecule has 0 aliphatic heterocycles. The number of nitrogens with zero attached hydrogens (tertiary/aromatic N) is 1. The van der Waals surface area contributed by atoms with E-state index in [-0.39, 0.29) is 25.8 Å². The van der Waals surface area contributed by atoms with E-state index in [4.69, 9.17) is 139 Å². The van der Waals surface area contributed by atoms with Crippen LogP contribution in [0.15, 0.2) is 38.3 Å². The monoisotopic (exact) mass is 713 g/mol. The standard InChI is InChI=1S/C20H7Cl12NO2/c21-11-13(23)17(27)9-7(15(11,25)19(17,29)30)5-2-1-4(33(34)35)3-6(5)8-10(9)18(28)14(24)12(22)16(8,26)20(18,31)32/h1-3,7-10H/t7-,8+,9-,10+,15+,16+,17+,18+/m0/s1. The van der Waals surface area contributed by atoms with Crippen LogP contribution in [0.3, 0.4) is 0 Å². The zero-order valence-electron chi connectivity index (χ0n) is 16.3. The smallest absolute Gasteiger partial charge is 0.258 e. The molecule has 0 heterocycles. The van der Waals surface area contributed by atoms with Crippen molar-refractivity contribution in [2.24, 2.45) is 11.8 Å². The zero-order chi connectivity index (χ0) is 26.0. The molecule has 0 amide bonds. The van der Waals surface area contributed by atoms with Crippen LogP contribution in [0.5, 0.6) is 0 Å². The van der Waals surface area contributed by atoms with Crippen LogP contribution in [0.25, 0.3) is 0 Å². The third-order valence-corrected chi connectivity index (χ3v) is 16.9. The van der Waals surface area contributed by atoms with Gasteiger partial charge in [-0.15, -0.1) is 46.4 Å². The average molecular weight is 719 g/mol. The van der Waals surface area contributed by atoms with Crippen LogP contribution in [0, 0.1) is 22.0 Å². The minimum atomic E-state index is -1.99. The average Bonchev–Trinajstić information content (AvgIpc) is 3.13. The van der Waals surface area contributed by atoms with E-state index in [1.807, 2.05) is 0 Å². The first kappa shape index (κ1) is 26.8. The van der Waals surface area contributed by atoms with E-state index >= 15 is 0 Å². The number of nitro benzene ring substituents is 1. The predicted molar refractivity (Wildman–Crippen MR) is 146 cm³/mol. The van der Waals surface area contributed by atoms with Gasteiger partial charge in [-0.2, -0.15) is 0 Å². The molecule has 15 heteroatoms. The Morgan fingerprint density at radius 2 is 1.00 bits per heavy atom. The molecule has 2 saturated carbocycles. The maximum Gasteiger partial charge on any atom is 0.269 e. The summed E-state index contributed by atoms with van der Waals surface area (Å²) < 4.78 is -3.93. The van der Waals surface area contributed by atoms with Gasteiger partial charge in [0.15, 0.2) is 8.67 Å². The largest absolute Gasteiger partial charge is 0.269 e. The summed E-state index contributed by atoms with van der Waals surface area (Å²) >= 11 is 82.9. The molecule has 0 spiro atoms. The van der Waals surface area contributed by atoms with Gasteiger partial charge in [0.2, 0.25) is 0 Å². The van der Waals surface area contributed by atoms with E-state index in [0.717, 1.165) is 0 Å². The van der Waals surface area contributed by atoms with Crippen molar-refractivity contribution in [2.45, 2.75) is 40.0 Å². The van der Waals surface area contributed by atoms with Crippen LogP contribution >= 0.6 is 139 Å². The number of nitro groups is 1. The normalized spacial score (nSPS) is 47.8. The fraction of sp³-hybridized carbons (Fsp3) is 0.500. The van der Waals surface area contributed by atoms with E-state index < -0.39 is 56.8 Å². The molecular weight excluding hydrogens is 712 g/mol. The lowest BCUT2D eigenvalue weighted by Gasteiger charge is -2.52. The molecule has 3 nitrogen and oxygen atoms in total. The summed E-state index contributed by atoms with van der Waals surface area (Å²) in [6.07, 6.45) is 0. The number of alkyl halides is 8. The molecule has 5 aliphatic rings. The summed E-state index contributed by atoms with van der Waals surface area (Å²) in [6.45, 7) is 0. The van der Waals surface area contributed by atoms with Crippen molar-refractivity contribution < 1.29 is 4.92 Å². The first-order valence-electron chi connectivity index (χ1n) is 9.83. The second-order valence-corrected chi connectivity index (χ2v) is 15.9. The number of hydrogen-bond acceptors (Lipinski definition) is 2. The number of rotatable bonds is 1. The van der Waals surface area contributed by atoms with Crippen LogP contribution in [0.1, 0.15) is 23.0 Å². The number of allylic oxidation sites excluding steroid dienone is 4. The molecule has 8 atom stereocenters. The van der Waals surface area contributed by atoms with Crippen LogP contribution in [0.4, 0.5) is 5.69 Å². The molecular formula is C20H7Cl12NO2. The predicted octanol–water partition coefficient (Wildman–Crippen LogP) is 9.70. The maximum absolute atomic E-state index is 11.7. The molecule has 0 unspecified atom stereocenters. The van der Waals surface area contributed by atoms with Gasteiger partial charge in [-0.25, -0.2) is 0 Å². The fourth-order valence-electron chi connectivity index (χ4n) is 7.00. The Kier molecular flexibility index (Phi) is 5.55. The summed E-state index contributed by atoms with van der Waals surface area (Å²) in [5.74, 6) is -3.52. The number of hydrogen-bond donors (Lipinski definition) is 0. The lowest BCUT2D eigenvalue weighted by molar-refractivity contribution is -0.385. The number of fused-ring (bicyclic) bond motifs is 14. The van der Waals surface area contributed by atoms with Gasteiger partial charge in [-0.3, -0.25) is 10.1 Å². The first-order chi connectivity index (χ1) is 15.9. The minimum absolute atomic E-state index is 0.0418. The summed E-state index contributed by atoms with van der Waals surface area (Å²) in [7, 11) is 0. The zero-order valence-corrected chi connectivity index (χ0v) is 25.4. The van der Waals surface area contributed by atoms with Crippen molar-refractivity contribution in [1.82, 2.24) is 0 Å². The first-order valence-corrected chi connectivity index (χ1v) is 14.4. The topological polar surface area (TPSA) is 43.1 Å². The van der Waals surface area contributed by atoms with Gasteiger partial charge in [0, 0.05) is 35.8 Å². The van der Waals surface area contributed by atoms with Gasteiger partial charge in [-0.05, 0) is 11.1 Å². The van der Waals surface area contributed by atoms with E-state index in [2.05, 4.69) is 0 Å². The molecule has 1 aromatic carbocycles. The minimum Gasteiger partial charge on any atom is -0.258 e. The number of halogens is 12. The van der Waals surface area contributed by atoms with Crippen molar-refractivity contribution in [3.05, 3.63) is 59.6 Å². The maximum atomic E-state index is 11.7. The second-order valence-electron chi connectivity index (χ2n) is 9.33. The lowest BCUT2D eigenvalue weighted by atomic mass is 9.57. The molecule has 4 bridgehead atoms. The van der Waals surface area contributed by atoms with E-state index in [1.54, 1.807) is 0 Å². The highest BCUT2D eigenvalue weighted by Gasteiger charge is 2.91. The van der Waals surface area contributed by atoms with Crippen LogP contribution in [-0.2, 0) is 0 Å². The van der Waals surface area contributed by atoms with Crippen molar-refractivity contribution in [3.8, 4) is 0 Å². The SMILES string of the molecule is O=[N+]([O-])c1ccc2c(c1)[C@@H]1[C@H]([C@@H]3[C@H]2[C@@]2(Cl)C(Cl)=C(Cl)[C@@]3(Cl)C2(Cl)Cl)[C@@]2(Cl)C(Cl)=C(Cl)[C@@]1(Cl)C2(Cl)Cl. The van der Waals surface area contributed by atoms with Crippen molar-refractivity contribution in [1.29, 1.82) is 0 Å². The molecule has 188 valence electrons. The fourth-order valence-corrected chi connectivity index (χ4v) is 13.1. The summed E-state index contributed by atoms with van der Waals surface area (Å²) in [5.41, 5.74) is 0.669. The Bertz CT molecular complexity index is 1340. The molecule has 5 aliphatic carbocycles. The molecule has 0 aromatic heterocycles. The molecule has 2 fully saturated rings. The Hall–Kier alpha value is 1.58. The lowest BCUT2D eigenvalue weighted by Crippen LogP contribution is -2.53. The van der Waals surface area contributed by atoms with Gasteiger partial charge in [0.25, 0.3) is 5.69 Å². The van der Waals surface area contributed by atoms with Gasteiger partial charge < -0.3 is 0 Å². The van der Waals surface area contributed by atoms with Crippen molar-refractivity contribution >= 4 is 145 Å². The number of benzene rings is 1. The molecule has 6 rings (SSSR count). The van der Waals surface area contributed by atoms with Gasteiger partial charge in [0.05, 0.1) is 25.1 Å². The molecule has 0 N–H and O–H groups in total. The number of non-ortho nitro benzene ring substituents is 1. The van der Waals surface area contributed by atoms with Crippen LogP contribution in [-0.4, -0.2) is 33.1 Å². The Morgan fingerprint density at radius 3 is 1.40 bits per heavy atom. The van der Waals surface area contributed by atoms with Gasteiger partial charge in [-0.1, -0.05) is 98.9 Å². The van der Waals surface area contributed by atoms with Gasteiger partial charge in [0.1, 0.15) is 19.5 Å². The highest BCUT2D eigenvalue weighted by Crippen LogP contribution is 2.88. The molecule has 0 saturated heterocycles. The Balaban J connectivity index is 1.79. The molecule has 0 radical (unpaired) electrons. The Morgan fingerprint density at radius 1 is 0.629 bits per heavy atom. The van der Waals surface area contributed by atoms with Crippen molar-refractivity contribution in [3.63, 3.8) is 0 Å². The van der Waals surface area contributed by atoms with Crippen LogP contribution < -0.4 is 0 Å². The summed E-state index contributed by atoms with van der Waals surface area (Å²) in [6, 6.07) is 4.20. The van der Waals surface area contributed by atoms with E-state index in [1.165, 1.54) is 18.2 Å². The highest BCUT2D eigenvalue weighted by molar-refractivity contribution is 6.67. The Labute approximate surface area is 258 Å². The summed E-state index contributed by atoms with van der Waals surface area (Å²) in [4.78, 5) is 4.05. The van der Waals surface area contributed by atoms with Crippen LogP contribution in [0.2, 0.25) is 0 Å². The quantitative estimate of drug-likeness (QED) is 0.165. The second kappa shape index (κ2) is 7.25. The molecule has 1 aromatic rings. The third kappa shape index (κ3) is 2.35. The summed E-state index contributed by atoms with van der Waals surface area (Å²) in [5, 5.41) is 11.4. The van der Waals surface area contributed by atoms with E-state index in [9.17, 15) is 10.1 Å². The third-order valence-electron chi connectivity index (χ3n) is 8.32. The van der Waals surface area contributed by atoms with Crippen molar-refractivity contribution in [2.75, 3.05) is 0 Å². The van der Waals surface area contributed by atoms with E-state index in [0.29, 0.717) is 11.1 Å².